The summed E-state index contributed by atoms with van der Waals surface area (Å²) < 4.78 is 89.9. The van der Waals surface area contributed by atoms with Crippen molar-refractivity contribution in [3.05, 3.63) is 0 Å². The average Bonchev–Trinajstić information content (AvgIpc) is 1.82. The van der Waals surface area contributed by atoms with E-state index in [9.17, 15) is 34.8 Å². The quantitative estimate of drug-likeness (QED) is 0.695. The molecule has 0 rings (SSSR count). The molecule has 0 amide bonds. The smallest absolute Gasteiger partial charge is 0.219 e. The Morgan fingerprint density at radius 1 is 0.769 bits per heavy atom. The summed E-state index contributed by atoms with van der Waals surface area (Å²) in [5, 5.41) is 0. The highest BCUT2D eigenvalue weighted by atomic mass is 32.3. The van der Waals surface area contributed by atoms with Crippen molar-refractivity contribution >= 4 is 22.2 Å². The molecule has 0 saturated heterocycles. The highest BCUT2D eigenvalue weighted by Gasteiger charge is 2.46. The van der Waals surface area contributed by atoms with Crippen molar-refractivity contribution in [2.45, 2.75) is 11.0 Å². The van der Waals surface area contributed by atoms with Gasteiger partial charge in [-0.3, -0.25) is 0 Å². The van der Waals surface area contributed by atoms with Crippen LogP contribution in [0.5, 0.6) is 0 Å². The molecule has 0 aromatic rings. The first-order valence-corrected chi connectivity index (χ1v) is 4.36. The fourth-order valence-corrected chi connectivity index (χ4v) is 1.20. The molecule has 0 bridgehead atoms. The van der Waals surface area contributed by atoms with Crippen molar-refractivity contribution in [2.75, 3.05) is 0 Å². The fourth-order valence-electron chi connectivity index (χ4n) is 0.133. The third-order valence-electron chi connectivity index (χ3n) is 0.502. The van der Waals surface area contributed by atoms with Crippen LogP contribution in [-0.2, 0) is 25.8 Å². The Kier molecular flexibility index (Phi) is 3.87. The maximum atomic E-state index is 11.3. The molecule has 0 aliphatic carbocycles. The number of rotatable bonds is 2. The molecule has 0 aromatic heterocycles. The number of hydrogen-bond acceptors (Lipinski definition) is 3. The summed E-state index contributed by atoms with van der Waals surface area (Å²) in [6.45, 7) is 0. The molecular formula is C2F6O3S2. The first-order chi connectivity index (χ1) is 5.55. The summed E-state index contributed by atoms with van der Waals surface area (Å²) in [6.07, 6.45) is 0. The Morgan fingerprint density at radius 3 is 1.15 bits per heavy atom. The van der Waals surface area contributed by atoms with E-state index in [-0.39, 0.29) is 0 Å². The van der Waals surface area contributed by atoms with Crippen LogP contribution in [-0.4, -0.2) is 19.4 Å². The van der Waals surface area contributed by atoms with E-state index in [1.807, 2.05) is 0 Å². The Balaban J connectivity index is 4.34. The molecule has 0 unspecified atom stereocenters. The average molecular weight is 250 g/mol. The normalized spacial score (nSPS) is 18.3. The molecule has 0 fully saturated rings. The lowest BCUT2D eigenvalue weighted by Crippen LogP contribution is -2.25. The second-order valence-corrected chi connectivity index (χ2v) is 3.84. The van der Waals surface area contributed by atoms with Gasteiger partial charge in [0.15, 0.2) is 0 Å². The minimum absolute atomic E-state index is 2.67. The standard InChI is InChI=1S/C2F6O3S2/c3-1(4,5)12(9)11-13(10)2(6,7)8. The topological polar surface area (TPSA) is 43.4 Å². The van der Waals surface area contributed by atoms with Crippen molar-refractivity contribution in [2.24, 2.45) is 0 Å². The van der Waals surface area contributed by atoms with E-state index in [1.165, 1.54) is 0 Å². The Labute approximate surface area is 72.4 Å². The molecule has 0 aromatic carbocycles. The van der Waals surface area contributed by atoms with Gasteiger partial charge in [0.05, 0.1) is 0 Å². The zero-order valence-corrected chi connectivity index (χ0v) is 6.94. The lowest BCUT2D eigenvalue weighted by molar-refractivity contribution is -0.0504. The van der Waals surface area contributed by atoms with E-state index in [0.29, 0.717) is 0 Å². The van der Waals surface area contributed by atoms with Gasteiger partial charge >= 0.3 is 11.0 Å². The van der Waals surface area contributed by atoms with Crippen LogP contribution in [0.3, 0.4) is 0 Å². The zero-order valence-electron chi connectivity index (χ0n) is 5.31. The van der Waals surface area contributed by atoms with Crippen molar-refractivity contribution in [3.63, 3.8) is 0 Å². The van der Waals surface area contributed by atoms with E-state index in [1.54, 1.807) is 0 Å². The van der Waals surface area contributed by atoms with Crippen molar-refractivity contribution in [3.8, 4) is 0 Å². The van der Waals surface area contributed by atoms with Gasteiger partial charge in [-0.05, 0) is 0 Å². The molecule has 0 heterocycles. The SMILES string of the molecule is O=S(OS(=O)C(F)(F)F)C(F)(F)F. The lowest BCUT2D eigenvalue weighted by atomic mass is 11.6. The van der Waals surface area contributed by atoms with Crippen molar-refractivity contribution in [1.29, 1.82) is 0 Å². The Morgan fingerprint density at radius 2 is 1.00 bits per heavy atom. The number of hydrogen-bond donors (Lipinski definition) is 0. The van der Waals surface area contributed by atoms with Gasteiger partial charge < -0.3 is 0 Å². The molecular weight excluding hydrogens is 250 g/mol. The molecule has 80 valence electrons. The van der Waals surface area contributed by atoms with Crippen LogP contribution in [0.1, 0.15) is 0 Å². The van der Waals surface area contributed by atoms with Gasteiger partial charge in [-0.15, -0.1) is 0 Å². The highest BCUT2D eigenvalue weighted by Crippen LogP contribution is 2.27. The van der Waals surface area contributed by atoms with Crippen LogP contribution in [0.2, 0.25) is 0 Å². The van der Waals surface area contributed by atoms with Gasteiger partial charge in [-0.1, -0.05) is 0 Å². The van der Waals surface area contributed by atoms with Gasteiger partial charge in [0.25, 0.3) is 22.2 Å². The number of alkyl halides is 6. The zero-order chi connectivity index (χ0) is 10.9. The molecule has 0 aliphatic rings. The van der Waals surface area contributed by atoms with Crippen molar-refractivity contribution in [1.82, 2.24) is 0 Å². The van der Waals surface area contributed by atoms with Crippen LogP contribution in [0.25, 0.3) is 0 Å². The predicted octanol–water partition coefficient (Wildman–Crippen LogP) is 1.37. The lowest BCUT2D eigenvalue weighted by Gasteiger charge is -2.06. The van der Waals surface area contributed by atoms with Gasteiger partial charge in [0.1, 0.15) is 0 Å². The van der Waals surface area contributed by atoms with Crippen molar-refractivity contribution < 1.29 is 38.4 Å². The second kappa shape index (κ2) is 3.92. The molecule has 0 atom stereocenters. The van der Waals surface area contributed by atoms with Gasteiger partial charge in [-0.25, -0.2) is 8.42 Å². The van der Waals surface area contributed by atoms with E-state index in [0.717, 1.165) is 0 Å². The van der Waals surface area contributed by atoms with Crippen LogP contribution in [0.15, 0.2) is 0 Å². The largest absolute Gasteiger partial charge is 0.498 e. The predicted molar refractivity (Wildman–Crippen MR) is 29.5 cm³/mol. The minimum Gasteiger partial charge on any atom is -0.219 e. The molecule has 0 aliphatic heterocycles. The Hall–Kier alpha value is -0.160. The molecule has 13 heavy (non-hydrogen) atoms. The highest BCUT2D eigenvalue weighted by molar-refractivity contribution is 7.94. The summed E-state index contributed by atoms with van der Waals surface area (Å²) in [6, 6.07) is 0. The Bertz CT molecular complexity index is 205. The summed E-state index contributed by atoms with van der Waals surface area (Å²) in [5.41, 5.74) is -11.0. The summed E-state index contributed by atoms with van der Waals surface area (Å²) in [7, 11) is 0. The van der Waals surface area contributed by atoms with Gasteiger partial charge in [0, 0.05) is 0 Å². The second-order valence-electron chi connectivity index (χ2n) is 1.43. The van der Waals surface area contributed by atoms with Crippen LogP contribution < -0.4 is 0 Å². The molecule has 3 nitrogen and oxygen atoms in total. The minimum atomic E-state index is -5.49. The van der Waals surface area contributed by atoms with Gasteiger partial charge in [-0.2, -0.15) is 30.0 Å². The van der Waals surface area contributed by atoms with E-state index >= 15 is 0 Å². The van der Waals surface area contributed by atoms with Crippen LogP contribution >= 0.6 is 0 Å². The van der Waals surface area contributed by atoms with E-state index in [4.69, 9.17) is 0 Å². The summed E-state index contributed by atoms with van der Waals surface area (Å²) in [4.78, 5) is 0. The number of halogens is 6. The monoisotopic (exact) mass is 250 g/mol. The molecule has 0 radical (unpaired) electrons. The van der Waals surface area contributed by atoms with Crippen LogP contribution in [0.4, 0.5) is 26.3 Å². The van der Waals surface area contributed by atoms with E-state index < -0.39 is 33.2 Å². The van der Waals surface area contributed by atoms with E-state index in [2.05, 4.69) is 3.63 Å². The first kappa shape index (κ1) is 12.8. The van der Waals surface area contributed by atoms with Gasteiger partial charge in [0.2, 0.25) is 0 Å². The first-order valence-electron chi connectivity index (χ1n) is 2.21. The summed E-state index contributed by atoms with van der Waals surface area (Å²) >= 11 is -8.47. The maximum absolute atomic E-state index is 11.3. The molecule has 0 saturated carbocycles. The maximum Gasteiger partial charge on any atom is 0.498 e. The molecule has 0 N–H and O–H groups in total. The summed E-state index contributed by atoms with van der Waals surface area (Å²) in [5.74, 6) is 0. The van der Waals surface area contributed by atoms with Crippen LogP contribution in [0, 0.1) is 0 Å². The molecule has 0 spiro atoms. The third-order valence-corrected chi connectivity index (χ3v) is 2.25. The fraction of sp³-hybridized carbons (Fsp3) is 1.00. The third kappa shape index (κ3) is 4.57. The molecule has 11 heteroatoms.